The summed E-state index contributed by atoms with van der Waals surface area (Å²) in [5.41, 5.74) is 5.13. The van der Waals surface area contributed by atoms with Gasteiger partial charge in [-0.3, -0.25) is 4.79 Å². The van der Waals surface area contributed by atoms with E-state index in [0.29, 0.717) is 0 Å². The van der Waals surface area contributed by atoms with E-state index in [4.69, 9.17) is 15.9 Å². The lowest BCUT2D eigenvalue weighted by Crippen LogP contribution is -2.36. The van der Waals surface area contributed by atoms with Gasteiger partial charge in [-0.25, -0.2) is 9.18 Å². The number of aliphatic hydroxyl groups is 1. The van der Waals surface area contributed by atoms with Gasteiger partial charge >= 0.3 is 5.97 Å². The zero-order valence-corrected chi connectivity index (χ0v) is 8.68. The standard InChI is InChI=1S/C10H11FN2O4/c11-6-3-5(1-2-7(6)12)9(15)13-4-8(14)10(16)17/h1-3,8,14H,4,12H2,(H,13,15)(H,16,17)/t8-/m0/s1. The molecule has 0 bridgehead atoms. The Kier molecular flexibility index (Phi) is 4.00. The van der Waals surface area contributed by atoms with Gasteiger partial charge < -0.3 is 21.3 Å². The molecule has 0 radical (unpaired) electrons. The van der Waals surface area contributed by atoms with Crippen LogP contribution in [0.15, 0.2) is 18.2 Å². The summed E-state index contributed by atoms with van der Waals surface area (Å²) in [4.78, 5) is 21.7. The minimum atomic E-state index is -1.70. The van der Waals surface area contributed by atoms with Crippen LogP contribution in [-0.2, 0) is 4.79 Å². The number of benzene rings is 1. The van der Waals surface area contributed by atoms with Crippen LogP contribution in [0.5, 0.6) is 0 Å². The van der Waals surface area contributed by atoms with Crippen LogP contribution in [-0.4, -0.2) is 34.7 Å². The molecule has 1 rings (SSSR count). The first kappa shape index (κ1) is 12.9. The summed E-state index contributed by atoms with van der Waals surface area (Å²) >= 11 is 0. The van der Waals surface area contributed by atoms with Gasteiger partial charge in [0.1, 0.15) is 5.82 Å². The van der Waals surface area contributed by atoms with Crippen molar-refractivity contribution in [3.05, 3.63) is 29.6 Å². The number of aliphatic hydroxyl groups excluding tert-OH is 1. The highest BCUT2D eigenvalue weighted by molar-refractivity contribution is 5.94. The molecule has 0 unspecified atom stereocenters. The number of anilines is 1. The first-order valence-electron chi connectivity index (χ1n) is 4.66. The second-order valence-electron chi connectivity index (χ2n) is 3.30. The van der Waals surface area contributed by atoms with Crippen molar-refractivity contribution in [2.75, 3.05) is 12.3 Å². The van der Waals surface area contributed by atoms with E-state index in [1.165, 1.54) is 12.1 Å². The fourth-order valence-electron chi connectivity index (χ4n) is 1.05. The molecule has 1 aromatic rings. The zero-order chi connectivity index (χ0) is 13.0. The van der Waals surface area contributed by atoms with E-state index >= 15 is 0 Å². The predicted octanol–water partition coefficient (Wildman–Crippen LogP) is -0.417. The van der Waals surface area contributed by atoms with Crippen molar-refractivity contribution in [3.63, 3.8) is 0 Å². The Hall–Kier alpha value is -2.15. The molecule has 0 saturated heterocycles. The lowest BCUT2D eigenvalue weighted by atomic mass is 10.2. The lowest BCUT2D eigenvalue weighted by Gasteiger charge is -2.08. The number of nitrogens with two attached hydrogens (primary N) is 1. The Morgan fingerprint density at radius 1 is 1.47 bits per heavy atom. The SMILES string of the molecule is Nc1ccc(C(=O)NC[C@H](O)C(=O)O)cc1F. The third-order valence-electron chi connectivity index (χ3n) is 2.00. The van der Waals surface area contributed by atoms with E-state index in [9.17, 15) is 14.0 Å². The maximum atomic E-state index is 13.0. The lowest BCUT2D eigenvalue weighted by molar-refractivity contribution is -0.146. The van der Waals surface area contributed by atoms with Crippen LogP contribution in [0.25, 0.3) is 0 Å². The summed E-state index contributed by atoms with van der Waals surface area (Å²) in [6, 6.07) is 3.44. The average Bonchev–Trinajstić information content (AvgIpc) is 2.28. The largest absolute Gasteiger partial charge is 0.479 e. The highest BCUT2D eigenvalue weighted by Crippen LogP contribution is 2.11. The molecule has 5 N–H and O–H groups in total. The number of rotatable bonds is 4. The molecular formula is C10H11FN2O4. The monoisotopic (exact) mass is 242 g/mol. The number of hydrogen-bond donors (Lipinski definition) is 4. The van der Waals surface area contributed by atoms with E-state index in [1.807, 2.05) is 0 Å². The van der Waals surface area contributed by atoms with Crippen molar-refractivity contribution < 1.29 is 24.2 Å². The van der Waals surface area contributed by atoms with Crippen LogP contribution < -0.4 is 11.1 Å². The van der Waals surface area contributed by atoms with Crippen LogP contribution in [0.3, 0.4) is 0 Å². The summed E-state index contributed by atoms with van der Waals surface area (Å²) in [6.07, 6.45) is -1.70. The molecule has 17 heavy (non-hydrogen) atoms. The highest BCUT2D eigenvalue weighted by Gasteiger charge is 2.15. The molecule has 92 valence electrons. The molecule has 6 nitrogen and oxygen atoms in total. The molecule has 7 heteroatoms. The second kappa shape index (κ2) is 5.26. The molecule has 0 spiro atoms. The Bertz CT molecular complexity index is 450. The van der Waals surface area contributed by atoms with E-state index in [1.54, 1.807) is 0 Å². The number of carboxylic acid groups (broad SMARTS) is 1. The van der Waals surface area contributed by atoms with Crippen molar-refractivity contribution in [2.24, 2.45) is 0 Å². The second-order valence-corrected chi connectivity index (χ2v) is 3.30. The molecule has 0 aliphatic rings. The molecule has 0 aliphatic heterocycles. The summed E-state index contributed by atoms with van der Waals surface area (Å²) in [5.74, 6) is -2.88. The van der Waals surface area contributed by atoms with Crippen molar-refractivity contribution in [1.82, 2.24) is 5.32 Å². The van der Waals surface area contributed by atoms with Crippen molar-refractivity contribution in [2.45, 2.75) is 6.10 Å². The van der Waals surface area contributed by atoms with Gasteiger partial charge in [0.2, 0.25) is 0 Å². The molecule has 0 aromatic heterocycles. The maximum absolute atomic E-state index is 13.0. The molecular weight excluding hydrogens is 231 g/mol. The summed E-state index contributed by atoms with van der Waals surface area (Å²) in [7, 11) is 0. The quantitative estimate of drug-likeness (QED) is 0.536. The zero-order valence-electron chi connectivity index (χ0n) is 8.68. The fraction of sp³-hybridized carbons (Fsp3) is 0.200. The average molecular weight is 242 g/mol. The van der Waals surface area contributed by atoms with Crippen LogP contribution in [0.2, 0.25) is 0 Å². The molecule has 1 aromatic carbocycles. The normalized spacial score (nSPS) is 11.9. The van der Waals surface area contributed by atoms with Crippen LogP contribution in [0.1, 0.15) is 10.4 Å². The number of aliphatic carboxylic acids is 1. The Morgan fingerprint density at radius 2 is 2.12 bits per heavy atom. The van der Waals surface area contributed by atoms with Gasteiger partial charge in [-0.05, 0) is 18.2 Å². The summed E-state index contributed by atoms with van der Waals surface area (Å²) in [6.45, 7) is -0.458. The van der Waals surface area contributed by atoms with Crippen molar-refractivity contribution >= 4 is 17.6 Å². The fourth-order valence-corrected chi connectivity index (χ4v) is 1.05. The van der Waals surface area contributed by atoms with E-state index in [2.05, 4.69) is 5.32 Å². The predicted molar refractivity (Wildman–Crippen MR) is 56.8 cm³/mol. The van der Waals surface area contributed by atoms with Gasteiger partial charge in [-0.1, -0.05) is 0 Å². The molecule has 1 amide bonds. The smallest absolute Gasteiger partial charge is 0.334 e. The van der Waals surface area contributed by atoms with Crippen LogP contribution >= 0.6 is 0 Å². The molecule has 1 atom stereocenters. The van der Waals surface area contributed by atoms with Gasteiger partial charge in [-0.2, -0.15) is 0 Å². The van der Waals surface area contributed by atoms with E-state index in [0.717, 1.165) is 6.07 Å². The molecule has 0 aliphatic carbocycles. The van der Waals surface area contributed by atoms with Gasteiger partial charge in [0.05, 0.1) is 12.2 Å². The minimum absolute atomic E-state index is 0.00529. The number of hydrogen-bond acceptors (Lipinski definition) is 4. The van der Waals surface area contributed by atoms with Crippen LogP contribution in [0.4, 0.5) is 10.1 Å². The minimum Gasteiger partial charge on any atom is -0.479 e. The Morgan fingerprint density at radius 3 is 2.65 bits per heavy atom. The van der Waals surface area contributed by atoms with E-state index in [-0.39, 0.29) is 11.3 Å². The Balaban J connectivity index is 2.64. The first-order chi connectivity index (χ1) is 7.91. The molecule has 0 saturated carbocycles. The summed E-state index contributed by atoms with van der Waals surface area (Å²) in [5, 5.41) is 19.4. The van der Waals surface area contributed by atoms with Crippen LogP contribution in [0, 0.1) is 5.82 Å². The topological polar surface area (TPSA) is 113 Å². The third kappa shape index (κ3) is 3.42. The number of carboxylic acids is 1. The van der Waals surface area contributed by atoms with Crippen molar-refractivity contribution in [1.29, 1.82) is 0 Å². The van der Waals surface area contributed by atoms with Gasteiger partial charge in [-0.15, -0.1) is 0 Å². The van der Waals surface area contributed by atoms with E-state index < -0.39 is 30.3 Å². The highest BCUT2D eigenvalue weighted by atomic mass is 19.1. The summed E-state index contributed by atoms with van der Waals surface area (Å²) < 4.78 is 13.0. The molecule has 0 heterocycles. The van der Waals surface area contributed by atoms with Gasteiger partial charge in [0.25, 0.3) is 5.91 Å². The van der Waals surface area contributed by atoms with Crippen molar-refractivity contribution in [3.8, 4) is 0 Å². The number of halogens is 1. The third-order valence-corrected chi connectivity index (χ3v) is 2.00. The van der Waals surface area contributed by atoms with Gasteiger partial charge in [0.15, 0.2) is 6.10 Å². The molecule has 0 fully saturated rings. The number of carbonyl (C=O) groups is 2. The Labute approximate surface area is 95.9 Å². The first-order valence-corrected chi connectivity index (χ1v) is 4.66. The number of nitrogen functional groups attached to an aromatic ring is 1. The maximum Gasteiger partial charge on any atom is 0.334 e. The van der Waals surface area contributed by atoms with Gasteiger partial charge in [0, 0.05) is 5.56 Å². The number of nitrogens with one attached hydrogen (secondary N) is 1. The number of carbonyl (C=O) groups excluding carboxylic acids is 1. The number of amides is 1.